The van der Waals surface area contributed by atoms with Crippen LogP contribution >= 0.6 is 15.6 Å². The summed E-state index contributed by atoms with van der Waals surface area (Å²) in [6, 6.07) is 0. The van der Waals surface area contributed by atoms with Crippen LogP contribution in [0.1, 0.15) is 375 Å². The molecule has 0 amide bonds. The first-order chi connectivity index (χ1) is 44.0. The number of unbranched alkanes of at least 4 members (excludes halogenated alkanes) is 44. The normalized spacial score (nSPS) is 14.0. The minimum atomic E-state index is -4.95. The number of rotatable bonds is 72. The van der Waals surface area contributed by atoms with Crippen LogP contribution in [0.4, 0.5) is 0 Å². The molecule has 540 valence electrons. The van der Waals surface area contributed by atoms with Crippen LogP contribution in [0.25, 0.3) is 0 Å². The zero-order valence-corrected chi connectivity index (χ0v) is 60.8. The molecule has 0 saturated heterocycles. The molecule has 0 aromatic carbocycles. The summed E-state index contributed by atoms with van der Waals surface area (Å²) in [5.41, 5.74) is 0. The molecule has 5 atom stereocenters. The highest BCUT2D eigenvalue weighted by atomic mass is 31.2. The Bertz CT molecular complexity index is 1750. The minimum Gasteiger partial charge on any atom is -0.462 e. The van der Waals surface area contributed by atoms with Crippen LogP contribution in [0, 0.1) is 5.92 Å². The molecule has 0 spiro atoms. The first kappa shape index (κ1) is 89.1. The molecule has 0 aromatic heterocycles. The topological polar surface area (TPSA) is 237 Å². The Kier molecular flexibility index (Phi) is 64.0. The van der Waals surface area contributed by atoms with Gasteiger partial charge in [-0.2, -0.15) is 0 Å². The van der Waals surface area contributed by atoms with E-state index in [4.69, 9.17) is 37.0 Å². The summed E-state index contributed by atoms with van der Waals surface area (Å²) in [5.74, 6) is -1.32. The van der Waals surface area contributed by atoms with Gasteiger partial charge >= 0.3 is 39.5 Å². The van der Waals surface area contributed by atoms with Gasteiger partial charge in [0.15, 0.2) is 12.2 Å². The molecule has 91 heavy (non-hydrogen) atoms. The molecule has 0 bridgehead atoms. The number of carbonyl (C=O) groups is 4. The molecule has 0 radical (unpaired) electrons. The van der Waals surface area contributed by atoms with Crippen molar-refractivity contribution in [1.29, 1.82) is 0 Å². The zero-order chi connectivity index (χ0) is 67.0. The molecule has 3 N–H and O–H groups in total. The fourth-order valence-electron chi connectivity index (χ4n) is 11.0. The Morgan fingerprint density at radius 2 is 0.505 bits per heavy atom. The van der Waals surface area contributed by atoms with E-state index in [9.17, 15) is 43.2 Å². The average Bonchev–Trinajstić information content (AvgIpc) is 3.74. The van der Waals surface area contributed by atoms with Crippen LogP contribution in [0.5, 0.6) is 0 Å². The standard InChI is InChI=1S/C72H140O17P2/c1-6-9-12-15-18-21-23-25-29-33-36-41-46-51-56-70(75)83-62-68(89-72(77)58-53-48-43-38-34-30-27-26-28-31-35-39-44-49-54-65(4)5)64-87-91(80,81)85-60-66(73)59-84-90(78,79)86-63-67(61-82-69(74)55-50-45-40-20-17-14-11-8-3)88-71(76)57-52-47-42-37-32-24-22-19-16-13-10-7-2/h65-68,73H,6-64H2,1-5H3,(H,78,79)(H,80,81)/t66-,67+,68+/m0/s1. The molecule has 0 heterocycles. The van der Waals surface area contributed by atoms with Gasteiger partial charge in [-0.15, -0.1) is 0 Å². The van der Waals surface area contributed by atoms with E-state index in [1.165, 1.54) is 193 Å². The highest BCUT2D eigenvalue weighted by molar-refractivity contribution is 7.47. The molecular weight excluding hydrogens is 1200 g/mol. The predicted octanol–water partition coefficient (Wildman–Crippen LogP) is 20.9. The molecule has 0 aliphatic rings. The molecule has 2 unspecified atom stereocenters. The van der Waals surface area contributed by atoms with E-state index in [-0.39, 0.29) is 25.7 Å². The van der Waals surface area contributed by atoms with Crippen molar-refractivity contribution in [1.82, 2.24) is 0 Å². The molecule has 0 saturated carbocycles. The van der Waals surface area contributed by atoms with E-state index in [0.717, 1.165) is 102 Å². The van der Waals surface area contributed by atoms with E-state index < -0.39 is 97.5 Å². The number of hydrogen-bond acceptors (Lipinski definition) is 15. The maximum absolute atomic E-state index is 13.0. The number of ether oxygens (including phenoxy) is 4. The van der Waals surface area contributed by atoms with E-state index in [1.54, 1.807) is 0 Å². The van der Waals surface area contributed by atoms with Gasteiger partial charge in [-0.1, -0.05) is 324 Å². The lowest BCUT2D eigenvalue weighted by Gasteiger charge is -2.21. The highest BCUT2D eigenvalue weighted by Crippen LogP contribution is 2.45. The fraction of sp³-hybridized carbons (Fsp3) is 0.944. The highest BCUT2D eigenvalue weighted by Gasteiger charge is 2.30. The van der Waals surface area contributed by atoms with Crippen molar-refractivity contribution in [2.24, 2.45) is 5.92 Å². The SMILES string of the molecule is CCCCCCCCCCCCCCCCC(=O)OC[C@H](COP(=O)(O)OC[C@@H](O)COP(=O)(O)OC[C@@H](COC(=O)CCCCCCCCCC)OC(=O)CCCCCCCCCCCCCC)OC(=O)CCCCCCCCCCCCCCCCC(C)C. The quantitative estimate of drug-likeness (QED) is 0.0222. The van der Waals surface area contributed by atoms with Gasteiger partial charge < -0.3 is 33.8 Å². The third-order valence-corrected chi connectivity index (χ3v) is 18.7. The van der Waals surface area contributed by atoms with Gasteiger partial charge in [0, 0.05) is 25.7 Å². The van der Waals surface area contributed by atoms with Crippen molar-refractivity contribution in [2.75, 3.05) is 39.6 Å². The lowest BCUT2D eigenvalue weighted by Crippen LogP contribution is -2.30. The molecule has 0 aromatic rings. The molecule has 0 fully saturated rings. The van der Waals surface area contributed by atoms with Gasteiger partial charge in [-0.25, -0.2) is 9.13 Å². The van der Waals surface area contributed by atoms with Crippen molar-refractivity contribution in [3.05, 3.63) is 0 Å². The first-order valence-corrected chi connectivity index (χ1v) is 40.6. The molecule has 0 aliphatic carbocycles. The first-order valence-electron chi connectivity index (χ1n) is 37.6. The van der Waals surface area contributed by atoms with Gasteiger partial charge in [0.1, 0.15) is 19.3 Å². The smallest absolute Gasteiger partial charge is 0.462 e. The largest absolute Gasteiger partial charge is 0.472 e. The Balaban J connectivity index is 5.22. The van der Waals surface area contributed by atoms with Crippen LogP contribution in [-0.4, -0.2) is 96.7 Å². The van der Waals surface area contributed by atoms with Crippen molar-refractivity contribution >= 4 is 39.5 Å². The number of hydrogen-bond donors (Lipinski definition) is 3. The lowest BCUT2D eigenvalue weighted by molar-refractivity contribution is -0.161. The molecule has 19 heteroatoms. The Hall–Kier alpha value is -1.94. The summed E-state index contributed by atoms with van der Waals surface area (Å²) in [6.45, 7) is 7.26. The molecule has 17 nitrogen and oxygen atoms in total. The minimum absolute atomic E-state index is 0.107. The van der Waals surface area contributed by atoms with E-state index >= 15 is 0 Å². The van der Waals surface area contributed by atoms with Gasteiger partial charge in [0.25, 0.3) is 0 Å². The van der Waals surface area contributed by atoms with Crippen molar-refractivity contribution in [3.8, 4) is 0 Å². The third kappa shape index (κ3) is 66.5. The van der Waals surface area contributed by atoms with Crippen molar-refractivity contribution in [3.63, 3.8) is 0 Å². The molecule has 0 rings (SSSR count). The number of carbonyl (C=O) groups excluding carboxylic acids is 4. The van der Waals surface area contributed by atoms with Crippen molar-refractivity contribution in [2.45, 2.75) is 393 Å². The van der Waals surface area contributed by atoms with Crippen LogP contribution in [0.2, 0.25) is 0 Å². The Morgan fingerprint density at radius 1 is 0.297 bits per heavy atom. The van der Waals surface area contributed by atoms with Crippen LogP contribution < -0.4 is 0 Å². The molecular formula is C72H140O17P2. The second kappa shape index (κ2) is 65.4. The molecule has 0 aliphatic heterocycles. The van der Waals surface area contributed by atoms with Crippen LogP contribution in [0.3, 0.4) is 0 Å². The third-order valence-electron chi connectivity index (χ3n) is 16.8. The van der Waals surface area contributed by atoms with Gasteiger partial charge in [0.05, 0.1) is 26.4 Å². The van der Waals surface area contributed by atoms with Gasteiger partial charge in [0.2, 0.25) is 0 Å². The number of esters is 4. The summed E-state index contributed by atoms with van der Waals surface area (Å²) in [7, 11) is -9.90. The number of phosphoric ester groups is 2. The van der Waals surface area contributed by atoms with E-state index in [2.05, 4.69) is 34.6 Å². The monoisotopic (exact) mass is 1340 g/mol. The summed E-state index contributed by atoms with van der Waals surface area (Å²) >= 11 is 0. The van der Waals surface area contributed by atoms with Gasteiger partial charge in [-0.05, 0) is 31.6 Å². The second-order valence-electron chi connectivity index (χ2n) is 26.5. The maximum Gasteiger partial charge on any atom is 0.472 e. The number of aliphatic hydroxyl groups is 1. The second-order valence-corrected chi connectivity index (χ2v) is 29.4. The van der Waals surface area contributed by atoms with Crippen LogP contribution in [0.15, 0.2) is 0 Å². The lowest BCUT2D eigenvalue weighted by atomic mass is 10.0. The maximum atomic E-state index is 13.0. The van der Waals surface area contributed by atoms with E-state index in [0.29, 0.717) is 25.7 Å². The van der Waals surface area contributed by atoms with E-state index in [1.807, 2.05) is 0 Å². The Labute approximate surface area is 556 Å². The van der Waals surface area contributed by atoms with Crippen LogP contribution in [-0.2, 0) is 65.4 Å². The van der Waals surface area contributed by atoms with Gasteiger partial charge in [-0.3, -0.25) is 37.3 Å². The summed E-state index contributed by atoms with van der Waals surface area (Å²) in [4.78, 5) is 72.6. The fourth-order valence-corrected chi connectivity index (χ4v) is 12.6. The predicted molar refractivity (Wildman–Crippen MR) is 368 cm³/mol. The summed E-state index contributed by atoms with van der Waals surface area (Å²) in [5, 5.41) is 10.6. The van der Waals surface area contributed by atoms with Crippen molar-refractivity contribution < 1.29 is 80.2 Å². The average molecular weight is 1340 g/mol. The number of phosphoric acid groups is 2. The zero-order valence-electron chi connectivity index (χ0n) is 59.0. The summed E-state index contributed by atoms with van der Waals surface area (Å²) < 4.78 is 68.3. The summed E-state index contributed by atoms with van der Waals surface area (Å²) in [6.07, 6.45) is 52.6. The number of aliphatic hydroxyl groups excluding tert-OH is 1. The Morgan fingerprint density at radius 3 is 0.747 bits per heavy atom.